The van der Waals surface area contributed by atoms with Gasteiger partial charge in [0.15, 0.2) is 11.5 Å². The summed E-state index contributed by atoms with van der Waals surface area (Å²) < 4.78 is 11.2. The van der Waals surface area contributed by atoms with Gasteiger partial charge in [0.25, 0.3) is 0 Å². The normalized spacial score (nSPS) is 12.3. The molecule has 0 aliphatic carbocycles. The van der Waals surface area contributed by atoms with Crippen molar-refractivity contribution < 1.29 is 9.47 Å². The topological polar surface area (TPSA) is 31.4 Å². The number of aromatic nitrogens is 1. The lowest BCUT2D eigenvalue weighted by molar-refractivity contribution is 0.174. The number of hydrogen-bond acceptors (Lipinski definition) is 3. The third-order valence-electron chi connectivity index (χ3n) is 4.41. The highest BCUT2D eigenvalue weighted by atomic mass is 16.7. The molecule has 2 heterocycles. The largest absolute Gasteiger partial charge is 0.454 e. The van der Waals surface area contributed by atoms with Crippen molar-refractivity contribution in [1.29, 1.82) is 0 Å². The molecule has 0 atom stereocenters. The molecule has 0 radical (unpaired) electrons. The minimum atomic E-state index is 0.262. The minimum Gasteiger partial charge on any atom is -0.454 e. The second kappa shape index (κ2) is 6.44. The molecule has 1 aliphatic rings. The summed E-state index contributed by atoms with van der Waals surface area (Å²) in [6.45, 7) is 8.08. The van der Waals surface area contributed by atoms with Gasteiger partial charge >= 0.3 is 0 Å². The van der Waals surface area contributed by atoms with Crippen molar-refractivity contribution in [3.05, 3.63) is 79.0 Å². The third-order valence-corrected chi connectivity index (χ3v) is 4.41. The maximum atomic E-state index is 5.60. The molecule has 0 fully saturated rings. The zero-order valence-corrected chi connectivity index (χ0v) is 14.0. The van der Waals surface area contributed by atoms with Gasteiger partial charge in [-0.15, -0.1) is 13.2 Å². The Morgan fingerprint density at radius 2 is 1.60 bits per heavy atom. The molecule has 1 aromatic heterocycles. The minimum absolute atomic E-state index is 0.262. The quantitative estimate of drug-likeness (QED) is 0.611. The van der Waals surface area contributed by atoms with E-state index in [2.05, 4.69) is 31.4 Å². The highest BCUT2D eigenvalue weighted by Gasteiger charge is 2.20. The van der Waals surface area contributed by atoms with Crippen LogP contribution in [0.15, 0.2) is 67.8 Å². The van der Waals surface area contributed by atoms with Crippen LogP contribution in [0.1, 0.15) is 11.3 Å². The summed E-state index contributed by atoms with van der Waals surface area (Å²) >= 11 is 0. The van der Waals surface area contributed by atoms with E-state index in [0.717, 1.165) is 51.2 Å². The molecular formula is C22H19NO2. The second-order valence-electron chi connectivity index (χ2n) is 5.99. The van der Waals surface area contributed by atoms with Gasteiger partial charge in [0.2, 0.25) is 6.79 Å². The van der Waals surface area contributed by atoms with Crippen molar-refractivity contribution in [1.82, 2.24) is 4.98 Å². The van der Waals surface area contributed by atoms with Gasteiger partial charge in [-0.1, -0.05) is 42.5 Å². The number of benzene rings is 2. The summed E-state index contributed by atoms with van der Waals surface area (Å²) in [6.07, 6.45) is 5.24. The standard InChI is InChI=1S/C22H19NO2/c1-3-8-16-17-12-20-21(25-14-24-20)13-18(17)19(9-4-2)23-22(16)15-10-6-5-7-11-15/h3-7,10-13H,1-2,8-9,14H2. The Kier molecular flexibility index (Phi) is 3.98. The Bertz CT molecular complexity index is 961. The fourth-order valence-electron chi connectivity index (χ4n) is 3.30. The van der Waals surface area contributed by atoms with Crippen molar-refractivity contribution in [2.75, 3.05) is 6.79 Å². The van der Waals surface area contributed by atoms with Gasteiger partial charge in [0.05, 0.1) is 11.4 Å². The monoisotopic (exact) mass is 329 g/mol. The zero-order chi connectivity index (χ0) is 17.2. The summed E-state index contributed by atoms with van der Waals surface area (Å²) in [5, 5.41) is 2.22. The van der Waals surface area contributed by atoms with Crippen LogP contribution in [0.5, 0.6) is 11.5 Å². The van der Waals surface area contributed by atoms with Crippen LogP contribution >= 0.6 is 0 Å². The van der Waals surface area contributed by atoms with E-state index in [4.69, 9.17) is 14.5 Å². The van der Waals surface area contributed by atoms with E-state index in [0.29, 0.717) is 6.42 Å². The van der Waals surface area contributed by atoms with E-state index in [9.17, 15) is 0 Å². The molecule has 3 heteroatoms. The summed E-state index contributed by atoms with van der Waals surface area (Å²) in [5.41, 5.74) is 4.24. The number of fused-ring (bicyclic) bond motifs is 2. The molecule has 0 bridgehead atoms. The van der Waals surface area contributed by atoms with E-state index < -0.39 is 0 Å². The first kappa shape index (κ1) is 15.5. The molecule has 124 valence electrons. The molecule has 3 nitrogen and oxygen atoms in total. The summed E-state index contributed by atoms with van der Waals surface area (Å²) in [6, 6.07) is 14.4. The van der Waals surface area contributed by atoms with Gasteiger partial charge in [-0.25, -0.2) is 0 Å². The predicted molar refractivity (Wildman–Crippen MR) is 101 cm³/mol. The molecule has 2 aromatic carbocycles. The van der Waals surface area contributed by atoms with E-state index in [1.165, 1.54) is 0 Å². The van der Waals surface area contributed by atoms with E-state index in [-0.39, 0.29) is 6.79 Å². The maximum Gasteiger partial charge on any atom is 0.231 e. The Morgan fingerprint density at radius 3 is 2.28 bits per heavy atom. The van der Waals surface area contributed by atoms with E-state index in [1.54, 1.807) is 0 Å². The number of ether oxygens (including phenoxy) is 2. The van der Waals surface area contributed by atoms with Crippen LogP contribution in [0, 0.1) is 0 Å². The molecule has 0 spiro atoms. The lowest BCUT2D eigenvalue weighted by Gasteiger charge is -2.15. The maximum absolute atomic E-state index is 5.60. The molecule has 0 amide bonds. The summed E-state index contributed by atoms with van der Waals surface area (Å²) in [5.74, 6) is 1.56. The first-order valence-corrected chi connectivity index (χ1v) is 8.34. The van der Waals surface area contributed by atoms with Gasteiger partial charge in [-0.05, 0) is 29.5 Å². The van der Waals surface area contributed by atoms with Crippen LogP contribution in [0.3, 0.4) is 0 Å². The predicted octanol–water partition coefficient (Wildman–Crippen LogP) is 5.09. The lowest BCUT2D eigenvalue weighted by atomic mass is 9.94. The molecule has 0 saturated heterocycles. The Hall–Kier alpha value is -3.07. The van der Waals surface area contributed by atoms with Gasteiger partial charge in [-0.3, -0.25) is 4.98 Å². The molecule has 0 unspecified atom stereocenters. The highest BCUT2D eigenvalue weighted by molar-refractivity contribution is 5.95. The molecule has 4 rings (SSSR count). The van der Waals surface area contributed by atoms with E-state index >= 15 is 0 Å². The molecule has 0 N–H and O–H groups in total. The van der Waals surface area contributed by atoms with Crippen LogP contribution in [-0.4, -0.2) is 11.8 Å². The van der Waals surface area contributed by atoms with Crippen LogP contribution in [0.4, 0.5) is 0 Å². The molecule has 25 heavy (non-hydrogen) atoms. The molecular weight excluding hydrogens is 310 g/mol. The van der Waals surface area contributed by atoms with Crippen LogP contribution in [-0.2, 0) is 12.8 Å². The van der Waals surface area contributed by atoms with Crippen molar-refractivity contribution in [2.45, 2.75) is 12.8 Å². The highest BCUT2D eigenvalue weighted by Crippen LogP contribution is 2.40. The summed E-state index contributed by atoms with van der Waals surface area (Å²) in [7, 11) is 0. The van der Waals surface area contributed by atoms with Gasteiger partial charge < -0.3 is 9.47 Å². The fourth-order valence-corrected chi connectivity index (χ4v) is 3.30. The van der Waals surface area contributed by atoms with Crippen molar-refractivity contribution in [3.63, 3.8) is 0 Å². The number of nitrogens with zero attached hydrogens (tertiary/aromatic N) is 1. The third kappa shape index (κ3) is 2.68. The van der Waals surface area contributed by atoms with E-state index in [1.807, 2.05) is 36.4 Å². The molecule has 0 saturated carbocycles. The van der Waals surface area contributed by atoms with Gasteiger partial charge in [-0.2, -0.15) is 0 Å². The van der Waals surface area contributed by atoms with Crippen molar-refractivity contribution in [3.8, 4) is 22.8 Å². The SMILES string of the molecule is C=CCc1nc(-c2ccccc2)c(CC=C)c2cc3c(cc12)OCO3. The van der Waals surface area contributed by atoms with Gasteiger partial charge in [0, 0.05) is 17.4 Å². The lowest BCUT2D eigenvalue weighted by Crippen LogP contribution is -2.00. The number of allylic oxidation sites excluding steroid dienone is 2. The Labute approximate surface area is 147 Å². The average Bonchev–Trinajstić information content (AvgIpc) is 3.10. The Balaban J connectivity index is 2.07. The average molecular weight is 329 g/mol. The van der Waals surface area contributed by atoms with Crippen LogP contribution in [0.25, 0.3) is 22.0 Å². The van der Waals surface area contributed by atoms with Crippen molar-refractivity contribution >= 4 is 10.8 Å². The molecule has 3 aromatic rings. The van der Waals surface area contributed by atoms with Gasteiger partial charge in [0.1, 0.15) is 0 Å². The number of hydrogen-bond donors (Lipinski definition) is 0. The molecule has 1 aliphatic heterocycles. The van der Waals surface area contributed by atoms with Crippen LogP contribution < -0.4 is 9.47 Å². The first-order chi connectivity index (χ1) is 12.3. The number of pyridine rings is 1. The second-order valence-corrected chi connectivity index (χ2v) is 5.99. The summed E-state index contributed by atoms with van der Waals surface area (Å²) in [4.78, 5) is 4.99. The zero-order valence-electron chi connectivity index (χ0n) is 14.0. The Morgan fingerprint density at radius 1 is 0.920 bits per heavy atom. The van der Waals surface area contributed by atoms with Crippen molar-refractivity contribution in [2.24, 2.45) is 0 Å². The first-order valence-electron chi connectivity index (χ1n) is 8.34. The fraction of sp³-hybridized carbons (Fsp3) is 0.136. The number of rotatable bonds is 5. The smallest absolute Gasteiger partial charge is 0.231 e. The van der Waals surface area contributed by atoms with Crippen LogP contribution in [0.2, 0.25) is 0 Å².